The van der Waals surface area contributed by atoms with E-state index in [1.807, 2.05) is 0 Å². The Kier molecular flexibility index (Phi) is 3.74. The summed E-state index contributed by atoms with van der Waals surface area (Å²) in [5.74, 6) is 0.543. The molecule has 1 heteroatoms. The maximum Gasteiger partial charge on any atom is 0.220 e. The van der Waals surface area contributed by atoms with Crippen LogP contribution in [0, 0.1) is 13.8 Å². The van der Waals surface area contributed by atoms with Gasteiger partial charge in [0.15, 0.2) is 6.20 Å². The van der Waals surface area contributed by atoms with E-state index in [0.29, 0.717) is 5.92 Å². The fraction of sp³-hybridized carbons (Fsp3) is 0.286. The summed E-state index contributed by atoms with van der Waals surface area (Å²) >= 11 is 0. The van der Waals surface area contributed by atoms with Crippen molar-refractivity contribution in [2.75, 3.05) is 0 Å². The van der Waals surface area contributed by atoms with E-state index in [1.165, 1.54) is 38.7 Å². The summed E-state index contributed by atoms with van der Waals surface area (Å²) < 4.78 is 2.24. The van der Waals surface area contributed by atoms with Crippen molar-refractivity contribution in [3.63, 3.8) is 0 Å². The van der Waals surface area contributed by atoms with E-state index >= 15 is 0 Å². The second-order valence-corrected chi connectivity index (χ2v) is 6.60. The third-order valence-electron chi connectivity index (χ3n) is 4.48. The zero-order valence-electron chi connectivity index (χ0n) is 14.1. The van der Waals surface area contributed by atoms with Crippen LogP contribution in [0.3, 0.4) is 0 Å². The van der Waals surface area contributed by atoms with Crippen molar-refractivity contribution in [2.24, 2.45) is 7.05 Å². The molecule has 3 aromatic rings. The van der Waals surface area contributed by atoms with Gasteiger partial charge in [-0.15, -0.1) is 0 Å². The molecule has 1 nitrogen and oxygen atoms in total. The minimum Gasteiger partial charge on any atom is -0.200 e. The van der Waals surface area contributed by atoms with Gasteiger partial charge in [0.05, 0.1) is 5.39 Å². The topological polar surface area (TPSA) is 3.88 Å². The van der Waals surface area contributed by atoms with Crippen LogP contribution in [0.5, 0.6) is 0 Å². The van der Waals surface area contributed by atoms with Gasteiger partial charge in [0.1, 0.15) is 7.05 Å². The van der Waals surface area contributed by atoms with Crippen molar-refractivity contribution in [1.29, 1.82) is 0 Å². The first kappa shape index (κ1) is 14.8. The third-order valence-corrected chi connectivity index (χ3v) is 4.48. The predicted molar refractivity (Wildman–Crippen MR) is 94.1 cm³/mol. The Morgan fingerprint density at radius 3 is 2.41 bits per heavy atom. The Bertz CT molecular complexity index is 839. The molecule has 0 unspecified atom stereocenters. The van der Waals surface area contributed by atoms with Crippen LogP contribution in [0.1, 0.15) is 36.5 Å². The van der Waals surface area contributed by atoms with Crippen LogP contribution < -0.4 is 4.57 Å². The fourth-order valence-electron chi connectivity index (χ4n) is 3.07. The molecule has 1 aromatic heterocycles. The number of hydrogen-bond donors (Lipinski definition) is 0. The van der Waals surface area contributed by atoms with Crippen LogP contribution in [0.4, 0.5) is 0 Å². The zero-order chi connectivity index (χ0) is 15.9. The molecule has 22 heavy (non-hydrogen) atoms. The first-order chi connectivity index (χ1) is 10.5. The highest BCUT2D eigenvalue weighted by molar-refractivity contribution is 5.94. The van der Waals surface area contributed by atoms with Gasteiger partial charge in [-0.3, -0.25) is 0 Å². The van der Waals surface area contributed by atoms with Crippen LogP contribution in [0.15, 0.2) is 48.7 Å². The molecule has 0 atom stereocenters. The molecule has 3 rings (SSSR count). The third kappa shape index (κ3) is 2.52. The molecule has 0 saturated heterocycles. The summed E-state index contributed by atoms with van der Waals surface area (Å²) in [4.78, 5) is 0. The van der Waals surface area contributed by atoms with Crippen LogP contribution in [0.25, 0.3) is 22.0 Å². The van der Waals surface area contributed by atoms with Gasteiger partial charge in [0, 0.05) is 11.6 Å². The molecule has 0 aliphatic heterocycles. The number of aromatic nitrogens is 1. The summed E-state index contributed by atoms with van der Waals surface area (Å²) in [6.07, 6.45) is 2.16. The lowest BCUT2D eigenvalue weighted by Crippen LogP contribution is -2.30. The number of hydrogen-bond acceptors (Lipinski definition) is 0. The number of pyridine rings is 1. The summed E-state index contributed by atoms with van der Waals surface area (Å²) in [7, 11) is 2.14. The average molecular weight is 290 g/mol. The lowest BCUT2D eigenvalue weighted by Gasteiger charge is -2.12. The summed E-state index contributed by atoms with van der Waals surface area (Å²) in [5.41, 5.74) is 6.67. The number of fused-ring (bicyclic) bond motifs is 1. The molecule has 0 fully saturated rings. The van der Waals surface area contributed by atoms with Crippen molar-refractivity contribution in [3.8, 4) is 11.3 Å². The Labute approximate surface area is 133 Å². The molecule has 1 heterocycles. The molecule has 0 radical (unpaired) electrons. The maximum atomic E-state index is 2.36. The number of aryl methyl sites for hydroxylation is 3. The molecule has 0 aliphatic rings. The molecule has 2 aromatic carbocycles. The highest BCUT2D eigenvalue weighted by Crippen LogP contribution is 2.30. The fourth-order valence-corrected chi connectivity index (χ4v) is 3.07. The summed E-state index contributed by atoms with van der Waals surface area (Å²) in [5, 5.41) is 2.63. The predicted octanol–water partition coefficient (Wildman–Crippen LogP) is 5.07. The Balaban J connectivity index is 2.37. The average Bonchev–Trinajstić information content (AvgIpc) is 2.48. The second kappa shape index (κ2) is 5.57. The standard InChI is InChI=1S/C21H24N/c1-14(2)18-9-7-16(4)19(13-18)21-20-12-15(3)6-8-17(20)10-11-22(21)5/h6-14H,1-5H3/q+1. The maximum absolute atomic E-state index is 2.36. The Morgan fingerprint density at radius 2 is 1.68 bits per heavy atom. The van der Waals surface area contributed by atoms with Crippen LogP contribution in [0.2, 0.25) is 0 Å². The Morgan fingerprint density at radius 1 is 0.909 bits per heavy atom. The van der Waals surface area contributed by atoms with Gasteiger partial charge < -0.3 is 0 Å². The number of nitrogens with zero attached hydrogens (tertiary/aromatic N) is 1. The second-order valence-electron chi connectivity index (χ2n) is 6.60. The van der Waals surface area contributed by atoms with Crippen LogP contribution >= 0.6 is 0 Å². The van der Waals surface area contributed by atoms with Crippen LogP contribution in [-0.4, -0.2) is 0 Å². The van der Waals surface area contributed by atoms with Gasteiger partial charge in [0.25, 0.3) is 0 Å². The van der Waals surface area contributed by atoms with Gasteiger partial charge in [-0.25, -0.2) is 4.57 Å². The van der Waals surface area contributed by atoms with E-state index in [4.69, 9.17) is 0 Å². The quantitative estimate of drug-likeness (QED) is 0.580. The molecule has 0 aliphatic carbocycles. The van der Waals surface area contributed by atoms with Gasteiger partial charge in [-0.1, -0.05) is 43.7 Å². The van der Waals surface area contributed by atoms with Gasteiger partial charge in [-0.05, 0) is 48.4 Å². The smallest absolute Gasteiger partial charge is 0.200 e. The molecule has 0 N–H and O–H groups in total. The van der Waals surface area contributed by atoms with Crippen molar-refractivity contribution in [1.82, 2.24) is 0 Å². The largest absolute Gasteiger partial charge is 0.220 e. The molecular weight excluding hydrogens is 266 g/mol. The van der Waals surface area contributed by atoms with Crippen molar-refractivity contribution in [3.05, 3.63) is 65.4 Å². The summed E-state index contributed by atoms with van der Waals surface area (Å²) in [6.45, 7) is 8.87. The molecule has 112 valence electrons. The monoisotopic (exact) mass is 290 g/mol. The SMILES string of the molecule is Cc1ccc2cc[n+](C)c(-c3cc(C(C)C)ccc3C)c2c1. The van der Waals surface area contributed by atoms with Gasteiger partial charge in [-0.2, -0.15) is 0 Å². The lowest BCUT2D eigenvalue weighted by molar-refractivity contribution is -0.659. The first-order valence-corrected chi connectivity index (χ1v) is 7.97. The van der Waals surface area contributed by atoms with Crippen LogP contribution in [-0.2, 0) is 7.05 Å². The van der Waals surface area contributed by atoms with Gasteiger partial charge in [0.2, 0.25) is 5.69 Å². The molecule has 0 amide bonds. The molecule has 0 spiro atoms. The van der Waals surface area contributed by atoms with Crippen molar-refractivity contribution >= 4 is 10.8 Å². The number of benzene rings is 2. The molecule has 0 bridgehead atoms. The van der Waals surface area contributed by atoms with E-state index in [0.717, 1.165) is 0 Å². The number of rotatable bonds is 2. The van der Waals surface area contributed by atoms with Gasteiger partial charge >= 0.3 is 0 Å². The highest BCUT2D eigenvalue weighted by atomic mass is 14.9. The zero-order valence-corrected chi connectivity index (χ0v) is 14.1. The normalized spacial score (nSPS) is 11.4. The van der Waals surface area contributed by atoms with E-state index in [9.17, 15) is 0 Å². The first-order valence-electron chi connectivity index (χ1n) is 7.97. The van der Waals surface area contributed by atoms with Crippen molar-refractivity contribution < 1.29 is 4.57 Å². The van der Waals surface area contributed by atoms with E-state index in [2.05, 4.69) is 88.0 Å². The minimum absolute atomic E-state index is 0.543. The van der Waals surface area contributed by atoms with E-state index in [1.54, 1.807) is 0 Å². The Hall–Kier alpha value is -2.15. The van der Waals surface area contributed by atoms with E-state index < -0.39 is 0 Å². The van der Waals surface area contributed by atoms with Crippen molar-refractivity contribution in [2.45, 2.75) is 33.6 Å². The van der Waals surface area contributed by atoms with E-state index in [-0.39, 0.29) is 0 Å². The molecular formula is C21H24N+. The highest BCUT2D eigenvalue weighted by Gasteiger charge is 2.18. The lowest BCUT2D eigenvalue weighted by atomic mass is 9.93. The summed E-state index contributed by atoms with van der Waals surface area (Å²) in [6, 6.07) is 15.8. The molecule has 0 saturated carbocycles. The minimum atomic E-state index is 0.543.